The number of aromatic nitrogens is 2. The van der Waals surface area contributed by atoms with Crippen molar-refractivity contribution in [1.82, 2.24) is 10.2 Å². The van der Waals surface area contributed by atoms with Crippen LogP contribution in [-0.4, -0.2) is 62.5 Å². The molecule has 1 fully saturated rings. The summed E-state index contributed by atoms with van der Waals surface area (Å²) in [6.07, 6.45) is 0. The Hall–Kier alpha value is -5.27. The first kappa shape index (κ1) is 32.7. The average molecular weight is 686 g/mol. The lowest BCUT2D eigenvalue weighted by Crippen LogP contribution is -2.29. The molecule has 1 aliphatic heterocycles. The van der Waals surface area contributed by atoms with E-state index in [1.54, 1.807) is 24.3 Å². The lowest BCUT2D eigenvalue weighted by molar-refractivity contribution is -0.132. The largest absolute Gasteiger partial charge is 0.507 e. The van der Waals surface area contributed by atoms with E-state index in [4.69, 9.17) is 23.7 Å². The number of ketones is 1. The van der Waals surface area contributed by atoms with Gasteiger partial charge in [-0.1, -0.05) is 65.6 Å². The quantitative estimate of drug-likeness (QED) is 0.0527. The van der Waals surface area contributed by atoms with Gasteiger partial charge >= 0.3 is 5.91 Å². The monoisotopic (exact) mass is 685 g/mol. The fraction of sp³-hybridized carbons (Fsp3) is 0.200. The van der Waals surface area contributed by atoms with Gasteiger partial charge in [0.05, 0.1) is 47.2 Å². The van der Waals surface area contributed by atoms with Crippen LogP contribution in [0, 0.1) is 0 Å². The summed E-state index contributed by atoms with van der Waals surface area (Å²) < 4.78 is 28.0. The second kappa shape index (κ2) is 13.8. The van der Waals surface area contributed by atoms with Gasteiger partial charge < -0.3 is 28.8 Å². The molecule has 1 aromatic heterocycles. The predicted octanol–water partition coefficient (Wildman–Crippen LogP) is 6.65. The fourth-order valence-corrected chi connectivity index (χ4v) is 7.53. The van der Waals surface area contributed by atoms with Gasteiger partial charge in [-0.25, -0.2) is 0 Å². The Kier molecular flexibility index (Phi) is 9.42. The number of thioether (sulfide) groups is 1. The van der Waals surface area contributed by atoms with Crippen molar-refractivity contribution in [3.05, 3.63) is 95.1 Å². The zero-order chi connectivity index (χ0) is 33.9. The summed E-state index contributed by atoms with van der Waals surface area (Å²) >= 11 is 2.65. The average Bonchev–Trinajstić information content (AvgIpc) is 3.70. The molecule has 11 nitrogen and oxygen atoms in total. The first-order valence-corrected chi connectivity index (χ1v) is 16.4. The van der Waals surface area contributed by atoms with Crippen LogP contribution in [0.2, 0.25) is 0 Å². The molecule has 48 heavy (non-hydrogen) atoms. The van der Waals surface area contributed by atoms with Crippen LogP contribution in [0.15, 0.2) is 82.7 Å². The van der Waals surface area contributed by atoms with E-state index in [-0.39, 0.29) is 16.3 Å². The number of Topliss-reactive ketones (excluding diaryl/α,β-unsaturated/α-hetero) is 1. The number of rotatable bonds is 11. The Bertz CT molecular complexity index is 2030. The van der Waals surface area contributed by atoms with Gasteiger partial charge in [0.15, 0.2) is 27.3 Å². The van der Waals surface area contributed by atoms with E-state index in [9.17, 15) is 14.7 Å². The number of anilines is 1. The third kappa shape index (κ3) is 5.86. The minimum Gasteiger partial charge on any atom is -0.507 e. The van der Waals surface area contributed by atoms with Gasteiger partial charge in [-0.3, -0.25) is 14.5 Å². The van der Waals surface area contributed by atoms with Crippen molar-refractivity contribution in [3.63, 3.8) is 0 Å². The van der Waals surface area contributed by atoms with Gasteiger partial charge in [-0.2, -0.15) is 0 Å². The number of nitrogens with zero attached hydrogens (tertiary/aromatic N) is 3. The second-order valence-corrected chi connectivity index (χ2v) is 12.7. The number of aliphatic hydroxyl groups is 1. The van der Waals surface area contributed by atoms with Crippen molar-refractivity contribution in [2.75, 3.05) is 40.4 Å². The van der Waals surface area contributed by atoms with Crippen molar-refractivity contribution in [2.45, 2.75) is 16.1 Å². The number of amides is 1. The van der Waals surface area contributed by atoms with E-state index in [1.165, 1.54) is 69.6 Å². The molecule has 1 unspecified atom stereocenters. The molecule has 246 valence electrons. The Morgan fingerprint density at radius 1 is 0.812 bits per heavy atom. The molecule has 0 saturated carbocycles. The Balaban J connectivity index is 1.45. The smallest absolute Gasteiger partial charge is 0.301 e. The molecule has 5 aromatic rings. The van der Waals surface area contributed by atoms with Crippen LogP contribution in [-0.2, 0) is 15.3 Å². The summed E-state index contributed by atoms with van der Waals surface area (Å²) in [5.74, 6) is 0.104. The van der Waals surface area contributed by atoms with Gasteiger partial charge in [-0.05, 0) is 52.2 Å². The highest BCUT2D eigenvalue weighted by Crippen LogP contribution is 2.48. The number of aliphatic hydroxyl groups excluding tert-OH is 1. The number of hydrogen-bond donors (Lipinski definition) is 1. The van der Waals surface area contributed by atoms with Crippen LogP contribution >= 0.6 is 23.1 Å². The van der Waals surface area contributed by atoms with Gasteiger partial charge in [0.1, 0.15) is 5.76 Å². The lowest BCUT2D eigenvalue weighted by Gasteiger charge is -2.24. The highest BCUT2D eigenvalue weighted by atomic mass is 32.2. The fourth-order valence-electron chi connectivity index (χ4n) is 5.66. The SMILES string of the molecule is COc1ccc(C(O)=C2C(=O)C(=O)N(c3nnc(SCc4cccc5ccccc45)s3)C2c2cc(OC)c(OC)c(OC)c2)cc1OC. The molecule has 13 heteroatoms. The van der Waals surface area contributed by atoms with Crippen LogP contribution in [0.25, 0.3) is 16.5 Å². The number of ether oxygens (including phenoxy) is 5. The molecular weight excluding hydrogens is 655 g/mol. The van der Waals surface area contributed by atoms with E-state index in [2.05, 4.69) is 34.5 Å². The van der Waals surface area contributed by atoms with Gasteiger partial charge in [0.2, 0.25) is 10.9 Å². The van der Waals surface area contributed by atoms with Crippen molar-refractivity contribution in [2.24, 2.45) is 0 Å². The first-order chi connectivity index (χ1) is 23.3. The molecular formula is C35H31N3O8S2. The zero-order valence-electron chi connectivity index (χ0n) is 26.7. The maximum absolute atomic E-state index is 13.9. The van der Waals surface area contributed by atoms with Crippen LogP contribution in [0.3, 0.4) is 0 Å². The van der Waals surface area contributed by atoms with E-state index in [0.29, 0.717) is 44.4 Å². The zero-order valence-corrected chi connectivity index (χ0v) is 28.3. The summed E-state index contributed by atoms with van der Waals surface area (Å²) in [6.45, 7) is 0. The normalized spacial score (nSPS) is 15.5. The summed E-state index contributed by atoms with van der Waals surface area (Å²) in [5.41, 5.74) is 1.61. The standard InChI is InChI=1S/C35H31N3O8S2/c1-42-24-14-13-20(15-25(24)43-2)30(39)28-29(22-16-26(44-3)32(46-5)27(17-22)45-4)38(33(41)31(28)40)34-36-37-35(48-34)47-18-21-11-8-10-19-9-6-7-12-23(19)21/h6-17,29,39H,18H2,1-5H3. The molecule has 6 rings (SSSR count). The number of hydrogen-bond acceptors (Lipinski definition) is 12. The molecule has 2 heterocycles. The van der Waals surface area contributed by atoms with Crippen LogP contribution in [0.5, 0.6) is 28.7 Å². The first-order valence-electron chi connectivity index (χ1n) is 14.6. The topological polar surface area (TPSA) is 130 Å². The second-order valence-electron chi connectivity index (χ2n) is 10.5. The maximum atomic E-state index is 13.9. The van der Waals surface area contributed by atoms with Gasteiger partial charge in [0, 0.05) is 11.3 Å². The number of carbonyl (C=O) groups excluding carboxylic acids is 2. The maximum Gasteiger partial charge on any atom is 0.301 e. The molecule has 1 aliphatic rings. The minimum atomic E-state index is -1.13. The van der Waals surface area contributed by atoms with Gasteiger partial charge in [-0.15, -0.1) is 10.2 Å². The summed E-state index contributed by atoms with van der Waals surface area (Å²) in [5, 5.41) is 22.9. The number of methoxy groups -OCH3 is 5. The molecule has 0 spiro atoms. The molecule has 0 radical (unpaired) electrons. The molecule has 0 bridgehead atoms. The molecule has 1 saturated heterocycles. The van der Waals surface area contributed by atoms with E-state index in [1.807, 2.05) is 18.2 Å². The van der Waals surface area contributed by atoms with E-state index in [0.717, 1.165) is 16.3 Å². The Morgan fingerprint density at radius 2 is 1.50 bits per heavy atom. The van der Waals surface area contributed by atoms with Crippen molar-refractivity contribution >= 4 is 56.5 Å². The summed E-state index contributed by atoms with van der Waals surface area (Å²) in [4.78, 5) is 28.9. The summed E-state index contributed by atoms with van der Waals surface area (Å²) in [7, 11) is 7.35. The van der Waals surface area contributed by atoms with E-state index < -0.39 is 23.5 Å². The molecule has 0 aliphatic carbocycles. The highest BCUT2D eigenvalue weighted by Gasteiger charge is 2.49. The third-order valence-electron chi connectivity index (χ3n) is 7.94. The van der Waals surface area contributed by atoms with Crippen molar-refractivity contribution < 1.29 is 38.4 Å². The van der Waals surface area contributed by atoms with Crippen LogP contribution in [0.4, 0.5) is 5.13 Å². The minimum absolute atomic E-state index is 0.165. The summed E-state index contributed by atoms with van der Waals surface area (Å²) in [6, 6.07) is 21.1. The number of fused-ring (bicyclic) bond motifs is 1. The van der Waals surface area contributed by atoms with E-state index >= 15 is 0 Å². The molecule has 1 N–H and O–H groups in total. The van der Waals surface area contributed by atoms with Crippen molar-refractivity contribution in [3.8, 4) is 28.7 Å². The number of benzene rings is 4. The predicted molar refractivity (Wildman–Crippen MR) is 184 cm³/mol. The van der Waals surface area contributed by atoms with Crippen LogP contribution in [0.1, 0.15) is 22.7 Å². The lowest BCUT2D eigenvalue weighted by atomic mass is 9.94. The molecule has 4 aromatic carbocycles. The van der Waals surface area contributed by atoms with Crippen molar-refractivity contribution in [1.29, 1.82) is 0 Å². The Labute approximate surface area is 284 Å². The van der Waals surface area contributed by atoms with Crippen LogP contribution < -0.4 is 28.6 Å². The molecule has 1 atom stereocenters. The Morgan fingerprint density at radius 3 is 2.19 bits per heavy atom. The third-order valence-corrected chi connectivity index (χ3v) is 10.0. The highest BCUT2D eigenvalue weighted by molar-refractivity contribution is 8.00. The molecule has 1 amide bonds. The van der Waals surface area contributed by atoms with Gasteiger partial charge in [0.25, 0.3) is 5.78 Å². The number of carbonyl (C=O) groups is 2.